The van der Waals surface area contributed by atoms with E-state index in [-0.39, 0.29) is 11.7 Å². The molecular weight excluding hydrogens is 397 g/mol. The SMILES string of the molecule is O=C(c1ncccc1Br)N(CCC1=CN=C2CC=C(F)C=C12)CC1CC1. The quantitative estimate of drug-likeness (QED) is 0.680. The maximum absolute atomic E-state index is 13.6. The van der Waals surface area contributed by atoms with E-state index in [1.165, 1.54) is 12.8 Å². The summed E-state index contributed by atoms with van der Waals surface area (Å²) in [5, 5.41) is 0. The fourth-order valence-corrected chi connectivity index (χ4v) is 3.67. The molecule has 1 aromatic heterocycles. The Morgan fingerprint density at radius 3 is 3.00 bits per heavy atom. The lowest BCUT2D eigenvalue weighted by Gasteiger charge is -2.23. The zero-order chi connectivity index (χ0) is 18.1. The topological polar surface area (TPSA) is 45.6 Å². The van der Waals surface area contributed by atoms with E-state index in [0.29, 0.717) is 35.5 Å². The number of halogens is 2. The summed E-state index contributed by atoms with van der Waals surface area (Å²) in [6.07, 6.45) is 10.1. The van der Waals surface area contributed by atoms with Crippen LogP contribution in [-0.4, -0.2) is 34.6 Å². The van der Waals surface area contributed by atoms with Gasteiger partial charge in [-0.2, -0.15) is 0 Å². The van der Waals surface area contributed by atoms with Crippen LogP contribution in [0, 0.1) is 5.92 Å². The first kappa shape index (κ1) is 17.3. The van der Waals surface area contributed by atoms with E-state index in [2.05, 4.69) is 25.9 Å². The largest absolute Gasteiger partial charge is 0.337 e. The van der Waals surface area contributed by atoms with Gasteiger partial charge in [0.2, 0.25) is 0 Å². The number of carbonyl (C=O) groups excluding carboxylic acids is 1. The van der Waals surface area contributed by atoms with Crippen molar-refractivity contribution in [2.45, 2.75) is 25.7 Å². The van der Waals surface area contributed by atoms with Crippen LogP contribution in [0.3, 0.4) is 0 Å². The van der Waals surface area contributed by atoms with E-state index < -0.39 is 0 Å². The second-order valence-electron chi connectivity index (χ2n) is 6.86. The van der Waals surface area contributed by atoms with Crippen molar-refractivity contribution in [1.29, 1.82) is 0 Å². The highest BCUT2D eigenvalue weighted by atomic mass is 79.9. The molecule has 4 rings (SSSR count). The lowest BCUT2D eigenvalue weighted by atomic mass is 9.95. The van der Waals surface area contributed by atoms with Gasteiger partial charge in [0.15, 0.2) is 0 Å². The zero-order valence-electron chi connectivity index (χ0n) is 14.3. The molecule has 0 spiro atoms. The first-order valence-corrected chi connectivity index (χ1v) is 9.64. The predicted octanol–water partition coefficient (Wildman–Crippen LogP) is 4.61. The van der Waals surface area contributed by atoms with Gasteiger partial charge in [-0.1, -0.05) is 0 Å². The van der Waals surface area contributed by atoms with Crippen molar-refractivity contribution < 1.29 is 9.18 Å². The molecule has 1 saturated carbocycles. The van der Waals surface area contributed by atoms with Crippen molar-refractivity contribution in [3.8, 4) is 0 Å². The van der Waals surface area contributed by atoms with E-state index in [9.17, 15) is 9.18 Å². The zero-order valence-corrected chi connectivity index (χ0v) is 15.9. The molecular formula is C20H19BrFN3O. The summed E-state index contributed by atoms with van der Waals surface area (Å²) in [4.78, 5) is 23.5. The number of carbonyl (C=O) groups is 1. The monoisotopic (exact) mass is 415 g/mol. The summed E-state index contributed by atoms with van der Waals surface area (Å²) in [6.45, 7) is 1.33. The molecule has 0 N–H and O–H groups in total. The minimum atomic E-state index is -0.213. The summed E-state index contributed by atoms with van der Waals surface area (Å²) in [7, 11) is 0. The number of amides is 1. The van der Waals surface area contributed by atoms with Crippen LogP contribution in [0.2, 0.25) is 0 Å². The van der Waals surface area contributed by atoms with Crippen LogP contribution >= 0.6 is 15.9 Å². The minimum absolute atomic E-state index is 0.0622. The third-order valence-corrected chi connectivity index (χ3v) is 5.52. The Labute approximate surface area is 160 Å². The minimum Gasteiger partial charge on any atom is -0.337 e. The first-order chi connectivity index (χ1) is 12.6. The molecule has 4 nitrogen and oxygen atoms in total. The second-order valence-corrected chi connectivity index (χ2v) is 7.71. The number of hydrogen-bond donors (Lipinski definition) is 0. The van der Waals surface area contributed by atoms with Crippen molar-refractivity contribution in [1.82, 2.24) is 9.88 Å². The Hall–Kier alpha value is -2.08. The Bertz CT molecular complexity index is 868. The fraction of sp³-hybridized carbons (Fsp3) is 0.350. The first-order valence-electron chi connectivity index (χ1n) is 8.85. The van der Waals surface area contributed by atoms with E-state index >= 15 is 0 Å². The number of fused-ring (bicyclic) bond motifs is 1. The Balaban J connectivity index is 1.47. The molecule has 2 heterocycles. The number of rotatable bonds is 6. The van der Waals surface area contributed by atoms with Crippen LogP contribution in [0.15, 0.2) is 63.1 Å². The summed E-state index contributed by atoms with van der Waals surface area (Å²) < 4.78 is 14.3. The summed E-state index contributed by atoms with van der Waals surface area (Å²) in [5.41, 5.74) is 3.23. The van der Waals surface area contributed by atoms with Crippen molar-refractivity contribution in [2.24, 2.45) is 10.9 Å². The van der Waals surface area contributed by atoms with Gasteiger partial charge in [0.25, 0.3) is 5.91 Å². The third-order valence-electron chi connectivity index (χ3n) is 4.88. The lowest BCUT2D eigenvalue weighted by molar-refractivity contribution is 0.0743. The fourth-order valence-electron chi connectivity index (χ4n) is 3.25. The van der Waals surface area contributed by atoms with Crippen molar-refractivity contribution in [2.75, 3.05) is 13.1 Å². The van der Waals surface area contributed by atoms with Gasteiger partial charge >= 0.3 is 0 Å². The van der Waals surface area contributed by atoms with Gasteiger partial charge in [0.1, 0.15) is 11.5 Å². The molecule has 0 aromatic carbocycles. The molecule has 3 aliphatic rings. The Morgan fingerprint density at radius 2 is 2.23 bits per heavy atom. The molecule has 0 bridgehead atoms. The molecule has 6 heteroatoms. The Kier molecular flexibility index (Phi) is 4.85. The van der Waals surface area contributed by atoms with Gasteiger partial charge in [-0.05, 0) is 71.0 Å². The standard InChI is InChI=1S/C20H19BrFN3O/c21-17-2-1-8-23-19(17)20(26)25(12-13-3-4-13)9-7-14-11-24-18-6-5-15(22)10-16(14)18/h1-2,5,8,10-11,13H,3-4,6-7,9,12H2. The highest BCUT2D eigenvalue weighted by Crippen LogP contribution is 2.32. The van der Waals surface area contributed by atoms with E-state index in [1.807, 2.05) is 17.2 Å². The predicted molar refractivity (Wildman–Crippen MR) is 103 cm³/mol. The van der Waals surface area contributed by atoms with Crippen molar-refractivity contribution in [3.63, 3.8) is 0 Å². The molecule has 26 heavy (non-hydrogen) atoms. The third kappa shape index (κ3) is 3.70. The number of aliphatic imine (C=N–C) groups is 1. The van der Waals surface area contributed by atoms with E-state index in [1.54, 1.807) is 24.4 Å². The van der Waals surface area contributed by atoms with Crippen LogP contribution in [0.1, 0.15) is 36.2 Å². The van der Waals surface area contributed by atoms with Gasteiger partial charge < -0.3 is 4.90 Å². The number of nitrogens with zero attached hydrogens (tertiary/aromatic N) is 3. The maximum atomic E-state index is 13.6. The van der Waals surface area contributed by atoms with Crippen LogP contribution in [0.25, 0.3) is 0 Å². The molecule has 2 aliphatic carbocycles. The van der Waals surface area contributed by atoms with Crippen LogP contribution in [-0.2, 0) is 0 Å². The van der Waals surface area contributed by atoms with Gasteiger partial charge in [0, 0.05) is 42.0 Å². The van der Waals surface area contributed by atoms with Gasteiger partial charge in [0.05, 0.1) is 5.71 Å². The molecule has 0 unspecified atom stereocenters. The van der Waals surface area contributed by atoms with Gasteiger partial charge in [-0.25, -0.2) is 9.37 Å². The summed E-state index contributed by atoms with van der Waals surface area (Å²) >= 11 is 3.42. The number of allylic oxidation sites excluding steroid dienone is 4. The molecule has 1 aliphatic heterocycles. The second kappa shape index (κ2) is 7.27. The molecule has 1 fully saturated rings. The maximum Gasteiger partial charge on any atom is 0.273 e. The van der Waals surface area contributed by atoms with E-state index in [4.69, 9.17) is 0 Å². The van der Waals surface area contributed by atoms with Crippen molar-refractivity contribution in [3.05, 3.63) is 63.8 Å². The highest BCUT2D eigenvalue weighted by Gasteiger charge is 2.29. The van der Waals surface area contributed by atoms with Crippen LogP contribution in [0.5, 0.6) is 0 Å². The van der Waals surface area contributed by atoms with Gasteiger partial charge in [-0.15, -0.1) is 0 Å². The smallest absolute Gasteiger partial charge is 0.273 e. The molecule has 0 saturated heterocycles. The molecule has 1 aromatic rings. The summed E-state index contributed by atoms with van der Waals surface area (Å²) in [6, 6.07) is 3.63. The van der Waals surface area contributed by atoms with Crippen molar-refractivity contribution >= 4 is 27.5 Å². The van der Waals surface area contributed by atoms with Crippen LogP contribution < -0.4 is 0 Å². The summed E-state index contributed by atoms with van der Waals surface area (Å²) in [5.74, 6) is 0.308. The Morgan fingerprint density at radius 1 is 1.38 bits per heavy atom. The van der Waals surface area contributed by atoms with Gasteiger partial charge in [-0.3, -0.25) is 9.79 Å². The number of pyridine rings is 1. The molecule has 0 atom stereocenters. The average molecular weight is 416 g/mol. The lowest BCUT2D eigenvalue weighted by Crippen LogP contribution is -2.35. The number of hydrogen-bond acceptors (Lipinski definition) is 3. The highest BCUT2D eigenvalue weighted by molar-refractivity contribution is 9.10. The number of aromatic nitrogens is 1. The normalized spacial score (nSPS) is 18.5. The molecule has 0 radical (unpaired) electrons. The van der Waals surface area contributed by atoms with E-state index in [0.717, 1.165) is 23.4 Å². The molecule has 134 valence electrons. The molecule has 1 amide bonds. The average Bonchev–Trinajstić information content (AvgIpc) is 3.37. The van der Waals surface area contributed by atoms with Crippen LogP contribution in [0.4, 0.5) is 4.39 Å².